The van der Waals surface area contributed by atoms with E-state index >= 15 is 0 Å². The van der Waals surface area contributed by atoms with Crippen molar-refractivity contribution in [1.29, 1.82) is 0 Å². The molecule has 0 aliphatic carbocycles. The highest BCUT2D eigenvalue weighted by molar-refractivity contribution is 5.14. The molecule has 0 heterocycles. The number of nitrogens with one attached hydrogen (secondary N) is 1. The largest absolute Gasteiger partial charge is 0.381 e. The van der Waals surface area contributed by atoms with E-state index in [1.54, 1.807) is 0 Å². The molecule has 0 saturated carbocycles. The molecule has 2 nitrogen and oxygen atoms in total. The summed E-state index contributed by atoms with van der Waals surface area (Å²) in [5, 5.41) is 3.17. The minimum absolute atomic E-state index is 0.894. The van der Waals surface area contributed by atoms with Crippen molar-refractivity contribution in [3.63, 3.8) is 0 Å². The van der Waals surface area contributed by atoms with Crippen molar-refractivity contribution in [3.8, 4) is 0 Å². The highest BCUT2D eigenvalue weighted by Crippen LogP contribution is 2.03. The summed E-state index contributed by atoms with van der Waals surface area (Å²) in [5.74, 6) is 0. The molecule has 1 N–H and O–H groups in total. The second-order valence-electron chi connectivity index (χ2n) is 4.72. The lowest BCUT2D eigenvalue weighted by Gasteiger charge is -2.04. The van der Waals surface area contributed by atoms with E-state index in [2.05, 4.69) is 35.6 Å². The van der Waals surface area contributed by atoms with E-state index in [-0.39, 0.29) is 0 Å². The van der Waals surface area contributed by atoms with Gasteiger partial charge in [0.2, 0.25) is 0 Å². The van der Waals surface area contributed by atoms with Crippen molar-refractivity contribution in [1.82, 2.24) is 5.32 Å². The Kier molecular flexibility index (Phi) is 9.49. The zero-order chi connectivity index (χ0) is 12.9. The van der Waals surface area contributed by atoms with E-state index < -0.39 is 0 Å². The van der Waals surface area contributed by atoms with Gasteiger partial charge in [-0.25, -0.2) is 0 Å². The fourth-order valence-electron chi connectivity index (χ4n) is 1.98. The van der Waals surface area contributed by atoms with Gasteiger partial charge in [0, 0.05) is 13.2 Å². The van der Waals surface area contributed by atoms with Crippen LogP contribution in [0.3, 0.4) is 0 Å². The van der Waals surface area contributed by atoms with Gasteiger partial charge in [-0.15, -0.1) is 0 Å². The predicted octanol–water partition coefficient (Wildman–Crippen LogP) is 3.42. The number of hydrogen-bond acceptors (Lipinski definition) is 2. The Labute approximate surface area is 112 Å². The number of hydrogen-bond donors (Lipinski definition) is 1. The lowest BCUT2D eigenvalue weighted by atomic mass is 10.1. The van der Waals surface area contributed by atoms with Crippen LogP contribution in [0.4, 0.5) is 0 Å². The molecule has 0 bridgehead atoms. The van der Waals surface area contributed by atoms with Crippen LogP contribution < -0.4 is 5.32 Å². The Morgan fingerprint density at radius 3 is 2.39 bits per heavy atom. The molecule has 0 amide bonds. The molecular formula is C16H27NO. The summed E-state index contributed by atoms with van der Waals surface area (Å²) in [6.45, 7) is 2.96. The van der Waals surface area contributed by atoms with Gasteiger partial charge in [-0.3, -0.25) is 0 Å². The lowest BCUT2D eigenvalue weighted by molar-refractivity contribution is 0.127. The van der Waals surface area contributed by atoms with Crippen molar-refractivity contribution in [3.05, 3.63) is 35.9 Å². The summed E-state index contributed by atoms with van der Waals surface area (Å²) in [6.07, 6.45) is 7.35. The maximum atomic E-state index is 5.65. The molecular weight excluding hydrogens is 222 g/mol. The van der Waals surface area contributed by atoms with Gasteiger partial charge in [0.05, 0.1) is 0 Å². The van der Waals surface area contributed by atoms with E-state index in [1.807, 2.05) is 7.05 Å². The van der Waals surface area contributed by atoms with Crippen LogP contribution >= 0.6 is 0 Å². The second kappa shape index (κ2) is 11.2. The summed E-state index contributed by atoms with van der Waals surface area (Å²) < 4.78 is 5.65. The average molecular weight is 249 g/mol. The van der Waals surface area contributed by atoms with Crippen molar-refractivity contribution in [2.75, 3.05) is 26.8 Å². The zero-order valence-corrected chi connectivity index (χ0v) is 11.7. The van der Waals surface area contributed by atoms with Crippen LogP contribution in [0.15, 0.2) is 30.3 Å². The molecule has 0 unspecified atom stereocenters. The quantitative estimate of drug-likeness (QED) is 0.607. The third-order valence-electron chi connectivity index (χ3n) is 3.06. The third kappa shape index (κ3) is 8.26. The van der Waals surface area contributed by atoms with Gasteiger partial charge in [0.1, 0.15) is 0 Å². The van der Waals surface area contributed by atoms with Crippen molar-refractivity contribution in [2.45, 2.75) is 38.5 Å². The van der Waals surface area contributed by atoms with Gasteiger partial charge in [-0.2, -0.15) is 0 Å². The molecule has 0 radical (unpaired) electrons. The highest BCUT2D eigenvalue weighted by Gasteiger charge is 1.93. The maximum absolute atomic E-state index is 5.65. The predicted molar refractivity (Wildman–Crippen MR) is 78.0 cm³/mol. The molecule has 2 heteroatoms. The number of rotatable bonds is 11. The van der Waals surface area contributed by atoms with Crippen molar-refractivity contribution in [2.24, 2.45) is 0 Å². The summed E-state index contributed by atoms with van der Waals surface area (Å²) in [4.78, 5) is 0. The number of aryl methyl sites for hydroxylation is 1. The lowest BCUT2D eigenvalue weighted by Crippen LogP contribution is -2.07. The average Bonchev–Trinajstić information content (AvgIpc) is 2.42. The Bertz CT molecular complexity index is 274. The van der Waals surface area contributed by atoms with E-state index in [9.17, 15) is 0 Å². The molecule has 0 saturated heterocycles. The van der Waals surface area contributed by atoms with Gasteiger partial charge in [0.15, 0.2) is 0 Å². The molecule has 18 heavy (non-hydrogen) atoms. The molecule has 0 fully saturated rings. The Hall–Kier alpha value is -0.860. The first kappa shape index (κ1) is 15.2. The summed E-state index contributed by atoms with van der Waals surface area (Å²) in [5.41, 5.74) is 1.41. The zero-order valence-electron chi connectivity index (χ0n) is 11.7. The van der Waals surface area contributed by atoms with E-state index in [4.69, 9.17) is 4.74 Å². The number of benzene rings is 1. The SMILES string of the molecule is CNCCCCCCOCCCc1ccccc1. The minimum Gasteiger partial charge on any atom is -0.381 e. The fraction of sp³-hybridized carbons (Fsp3) is 0.625. The molecule has 0 aliphatic rings. The molecule has 0 aliphatic heterocycles. The molecule has 1 aromatic rings. The Balaban J connectivity index is 1.82. The first-order valence-corrected chi connectivity index (χ1v) is 7.20. The van der Waals surface area contributed by atoms with Crippen LogP contribution in [0, 0.1) is 0 Å². The van der Waals surface area contributed by atoms with E-state index in [0.717, 1.165) is 32.6 Å². The third-order valence-corrected chi connectivity index (χ3v) is 3.06. The van der Waals surface area contributed by atoms with Crippen LogP contribution in [0.5, 0.6) is 0 Å². The maximum Gasteiger partial charge on any atom is 0.0469 e. The van der Waals surface area contributed by atoms with Crippen LogP contribution in [0.2, 0.25) is 0 Å². The second-order valence-corrected chi connectivity index (χ2v) is 4.72. The molecule has 1 rings (SSSR count). The standard InChI is InChI=1S/C16H27NO/c1-17-13-7-2-3-8-14-18-15-9-12-16-10-5-4-6-11-16/h4-6,10-11,17H,2-3,7-9,12-15H2,1H3. The van der Waals surface area contributed by atoms with Crippen LogP contribution in [0.1, 0.15) is 37.7 Å². The van der Waals surface area contributed by atoms with Crippen LogP contribution in [-0.2, 0) is 11.2 Å². The van der Waals surface area contributed by atoms with Crippen molar-refractivity contribution < 1.29 is 4.74 Å². The smallest absolute Gasteiger partial charge is 0.0469 e. The first-order valence-electron chi connectivity index (χ1n) is 7.20. The highest BCUT2D eigenvalue weighted by atomic mass is 16.5. The van der Waals surface area contributed by atoms with E-state index in [1.165, 1.54) is 31.2 Å². The molecule has 1 aromatic carbocycles. The minimum atomic E-state index is 0.894. The summed E-state index contributed by atoms with van der Waals surface area (Å²) >= 11 is 0. The number of ether oxygens (including phenoxy) is 1. The normalized spacial score (nSPS) is 10.7. The molecule has 0 atom stereocenters. The number of unbranched alkanes of at least 4 members (excludes halogenated alkanes) is 3. The molecule has 102 valence electrons. The fourth-order valence-corrected chi connectivity index (χ4v) is 1.98. The summed E-state index contributed by atoms with van der Waals surface area (Å²) in [6, 6.07) is 10.6. The molecule has 0 aromatic heterocycles. The van der Waals surface area contributed by atoms with Crippen molar-refractivity contribution >= 4 is 0 Å². The molecule has 0 spiro atoms. The van der Waals surface area contributed by atoms with Crippen LogP contribution in [0.25, 0.3) is 0 Å². The first-order chi connectivity index (χ1) is 8.93. The summed E-state index contributed by atoms with van der Waals surface area (Å²) in [7, 11) is 2.01. The monoisotopic (exact) mass is 249 g/mol. The van der Waals surface area contributed by atoms with Gasteiger partial charge < -0.3 is 10.1 Å². The Morgan fingerprint density at radius 1 is 0.889 bits per heavy atom. The van der Waals surface area contributed by atoms with Crippen LogP contribution in [-0.4, -0.2) is 26.8 Å². The van der Waals surface area contributed by atoms with Gasteiger partial charge in [-0.05, 0) is 44.8 Å². The van der Waals surface area contributed by atoms with Gasteiger partial charge in [-0.1, -0.05) is 43.2 Å². The Morgan fingerprint density at radius 2 is 1.61 bits per heavy atom. The topological polar surface area (TPSA) is 21.3 Å². The van der Waals surface area contributed by atoms with Gasteiger partial charge >= 0.3 is 0 Å². The van der Waals surface area contributed by atoms with E-state index in [0.29, 0.717) is 0 Å². The van der Waals surface area contributed by atoms with Gasteiger partial charge in [0.25, 0.3) is 0 Å².